The lowest BCUT2D eigenvalue weighted by molar-refractivity contribution is 0.0696. The van der Waals surface area contributed by atoms with Gasteiger partial charge in [-0.25, -0.2) is 9.31 Å². The van der Waals surface area contributed by atoms with Gasteiger partial charge in [-0.3, -0.25) is 19.7 Å². The molecule has 0 fully saturated rings. The second-order valence-corrected chi connectivity index (χ2v) is 6.01. The van der Waals surface area contributed by atoms with Crippen molar-refractivity contribution >= 4 is 23.1 Å². The molecule has 0 atom stereocenters. The Morgan fingerprint density at radius 3 is 2.64 bits per heavy atom. The van der Waals surface area contributed by atoms with Crippen LogP contribution in [0.15, 0.2) is 55.4 Å². The molecular formula is C19H14N6O3. The van der Waals surface area contributed by atoms with Gasteiger partial charge >= 0.3 is 5.97 Å². The number of carboxylic acid groups (broad SMARTS) is 1. The Balaban J connectivity index is 1.65. The molecule has 0 spiro atoms. The highest BCUT2D eigenvalue weighted by Crippen LogP contribution is 2.20. The fraction of sp³-hybridized carbons (Fsp3) is 0.0526. The van der Waals surface area contributed by atoms with Crippen LogP contribution in [-0.4, -0.2) is 41.5 Å². The van der Waals surface area contributed by atoms with Gasteiger partial charge in [-0.05, 0) is 25.1 Å². The van der Waals surface area contributed by atoms with Crippen LogP contribution in [0.4, 0.5) is 5.69 Å². The first kappa shape index (κ1) is 17.3. The van der Waals surface area contributed by atoms with Gasteiger partial charge in [0.05, 0.1) is 52.3 Å². The number of hydrogen-bond acceptors (Lipinski definition) is 6. The van der Waals surface area contributed by atoms with Crippen LogP contribution in [0.1, 0.15) is 26.4 Å². The number of carboxylic acids is 1. The minimum Gasteiger partial charge on any atom is -0.478 e. The maximum atomic E-state index is 12.7. The van der Waals surface area contributed by atoms with E-state index in [4.69, 9.17) is 5.11 Å². The highest BCUT2D eigenvalue weighted by atomic mass is 16.4. The number of rotatable bonds is 4. The van der Waals surface area contributed by atoms with Gasteiger partial charge in [0.25, 0.3) is 5.91 Å². The zero-order valence-corrected chi connectivity index (χ0v) is 14.7. The van der Waals surface area contributed by atoms with E-state index in [1.54, 1.807) is 36.2 Å². The lowest BCUT2D eigenvalue weighted by atomic mass is 10.2. The molecule has 4 aromatic rings. The van der Waals surface area contributed by atoms with Crippen LogP contribution in [-0.2, 0) is 0 Å². The average molecular weight is 374 g/mol. The molecule has 28 heavy (non-hydrogen) atoms. The van der Waals surface area contributed by atoms with Gasteiger partial charge in [-0.2, -0.15) is 5.10 Å². The van der Waals surface area contributed by atoms with Gasteiger partial charge in [-0.15, -0.1) is 0 Å². The van der Waals surface area contributed by atoms with E-state index in [0.29, 0.717) is 28.2 Å². The second kappa shape index (κ2) is 6.88. The number of carbonyl (C=O) groups excluding carboxylic acids is 1. The molecule has 0 aliphatic rings. The molecule has 4 rings (SSSR count). The van der Waals surface area contributed by atoms with Gasteiger partial charge in [0, 0.05) is 24.2 Å². The maximum absolute atomic E-state index is 12.7. The highest BCUT2D eigenvalue weighted by molar-refractivity contribution is 6.09. The monoisotopic (exact) mass is 374 g/mol. The molecule has 2 N–H and O–H groups in total. The third-order valence-corrected chi connectivity index (χ3v) is 4.21. The van der Waals surface area contributed by atoms with Crippen LogP contribution >= 0.6 is 0 Å². The van der Waals surface area contributed by atoms with Gasteiger partial charge in [-0.1, -0.05) is 0 Å². The van der Waals surface area contributed by atoms with E-state index >= 15 is 0 Å². The first-order chi connectivity index (χ1) is 13.5. The Morgan fingerprint density at radius 1 is 1.11 bits per heavy atom. The Bertz CT molecular complexity index is 1200. The SMILES string of the molecule is Cc1ncc(C(=O)O)cc1NC(=O)c1cnn2cc(-c3ccncc3)ncc12. The lowest BCUT2D eigenvalue weighted by Crippen LogP contribution is -2.14. The van der Waals surface area contributed by atoms with Crippen LogP contribution in [0.3, 0.4) is 0 Å². The molecule has 9 heteroatoms. The number of aryl methyl sites for hydroxylation is 1. The third kappa shape index (κ3) is 3.16. The fourth-order valence-corrected chi connectivity index (χ4v) is 2.70. The summed E-state index contributed by atoms with van der Waals surface area (Å²) >= 11 is 0. The number of pyridine rings is 2. The molecule has 0 radical (unpaired) electrons. The van der Waals surface area contributed by atoms with Crippen LogP contribution in [0.5, 0.6) is 0 Å². The van der Waals surface area contributed by atoms with Crippen LogP contribution in [0.25, 0.3) is 16.8 Å². The molecule has 0 aliphatic carbocycles. The van der Waals surface area contributed by atoms with Gasteiger partial charge in [0.2, 0.25) is 0 Å². The standard InChI is InChI=1S/C19H14N6O3/c1-11-15(6-13(7-21-11)19(27)28)24-18(26)14-8-23-25-10-16(22-9-17(14)25)12-2-4-20-5-3-12/h2-10H,1H3,(H,24,26)(H,27,28). The Morgan fingerprint density at radius 2 is 1.89 bits per heavy atom. The normalized spacial score (nSPS) is 10.8. The zero-order valence-electron chi connectivity index (χ0n) is 14.7. The summed E-state index contributed by atoms with van der Waals surface area (Å²) in [4.78, 5) is 36.2. The highest BCUT2D eigenvalue weighted by Gasteiger charge is 2.16. The topological polar surface area (TPSA) is 122 Å². The molecular weight excluding hydrogens is 360 g/mol. The summed E-state index contributed by atoms with van der Waals surface area (Å²) in [7, 11) is 0. The molecule has 0 aliphatic heterocycles. The van der Waals surface area contributed by atoms with E-state index in [1.165, 1.54) is 18.5 Å². The number of aromatic nitrogens is 5. The van der Waals surface area contributed by atoms with Crippen molar-refractivity contribution in [3.63, 3.8) is 0 Å². The Kier molecular flexibility index (Phi) is 4.24. The number of aromatic carboxylic acids is 1. The smallest absolute Gasteiger partial charge is 0.337 e. The number of nitrogens with zero attached hydrogens (tertiary/aromatic N) is 5. The van der Waals surface area contributed by atoms with E-state index in [-0.39, 0.29) is 5.56 Å². The summed E-state index contributed by atoms with van der Waals surface area (Å²) in [5.41, 5.74) is 3.23. The molecule has 138 valence electrons. The molecule has 1 amide bonds. The van der Waals surface area contributed by atoms with Crippen LogP contribution in [0.2, 0.25) is 0 Å². The van der Waals surface area contributed by atoms with Crippen molar-refractivity contribution in [3.8, 4) is 11.3 Å². The van der Waals surface area contributed by atoms with E-state index in [9.17, 15) is 9.59 Å². The molecule has 4 heterocycles. The Hall–Kier alpha value is -4.14. The summed E-state index contributed by atoms with van der Waals surface area (Å²) in [6.45, 7) is 1.68. The number of anilines is 1. The quantitative estimate of drug-likeness (QED) is 0.562. The number of hydrogen-bond donors (Lipinski definition) is 2. The first-order valence-electron chi connectivity index (χ1n) is 8.28. The average Bonchev–Trinajstić information content (AvgIpc) is 3.13. The zero-order chi connectivity index (χ0) is 19.7. The summed E-state index contributed by atoms with van der Waals surface area (Å²) < 4.78 is 1.57. The van der Waals surface area contributed by atoms with Crippen molar-refractivity contribution in [2.24, 2.45) is 0 Å². The van der Waals surface area contributed by atoms with Gasteiger partial charge in [0.15, 0.2) is 0 Å². The molecule has 0 saturated heterocycles. The van der Waals surface area contributed by atoms with Crippen molar-refractivity contribution in [2.45, 2.75) is 6.92 Å². The minimum atomic E-state index is -1.12. The lowest BCUT2D eigenvalue weighted by Gasteiger charge is -2.08. The van der Waals surface area contributed by atoms with Gasteiger partial charge < -0.3 is 10.4 Å². The first-order valence-corrected chi connectivity index (χ1v) is 8.28. The number of nitrogens with one attached hydrogen (secondary N) is 1. The largest absolute Gasteiger partial charge is 0.478 e. The summed E-state index contributed by atoms with van der Waals surface area (Å²) in [5.74, 6) is -1.55. The second-order valence-electron chi connectivity index (χ2n) is 6.01. The molecule has 4 aromatic heterocycles. The predicted octanol–water partition coefficient (Wildman–Crippen LogP) is 2.45. The van der Waals surface area contributed by atoms with E-state index in [0.717, 1.165) is 5.56 Å². The molecule has 0 saturated carbocycles. The Labute approximate surface area is 158 Å². The molecule has 9 nitrogen and oxygen atoms in total. The van der Waals surface area contributed by atoms with Crippen LogP contribution < -0.4 is 5.32 Å². The van der Waals surface area contributed by atoms with Crippen molar-refractivity contribution in [1.29, 1.82) is 0 Å². The number of fused-ring (bicyclic) bond motifs is 1. The molecule has 0 unspecified atom stereocenters. The van der Waals surface area contributed by atoms with Gasteiger partial charge in [0.1, 0.15) is 0 Å². The van der Waals surface area contributed by atoms with E-state index in [1.807, 2.05) is 12.1 Å². The molecule has 0 aromatic carbocycles. The number of amides is 1. The van der Waals surface area contributed by atoms with Crippen molar-refractivity contribution in [1.82, 2.24) is 24.6 Å². The third-order valence-electron chi connectivity index (χ3n) is 4.21. The minimum absolute atomic E-state index is 0.00979. The van der Waals surface area contributed by atoms with Crippen molar-refractivity contribution in [2.75, 3.05) is 5.32 Å². The van der Waals surface area contributed by atoms with E-state index < -0.39 is 11.9 Å². The van der Waals surface area contributed by atoms with Crippen LogP contribution in [0, 0.1) is 6.92 Å². The summed E-state index contributed by atoms with van der Waals surface area (Å²) in [6, 6.07) is 5.03. The number of carbonyl (C=O) groups is 2. The predicted molar refractivity (Wildman–Crippen MR) is 100 cm³/mol. The maximum Gasteiger partial charge on any atom is 0.337 e. The summed E-state index contributed by atoms with van der Waals surface area (Å²) in [6.07, 6.45) is 9.31. The van der Waals surface area contributed by atoms with E-state index in [2.05, 4.69) is 25.4 Å². The molecule has 0 bridgehead atoms. The van der Waals surface area contributed by atoms with Crippen molar-refractivity contribution < 1.29 is 14.7 Å². The van der Waals surface area contributed by atoms with Crippen molar-refractivity contribution in [3.05, 3.63) is 72.2 Å². The summed E-state index contributed by atoms with van der Waals surface area (Å²) in [5, 5.41) is 16.0. The fourth-order valence-electron chi connectivity index (χ4n) is 2.70.